The minimum atomic E-state index is -2.73. The van der Waals surface area contributed by atoms with Crippen LogP contribution in [-0.2, 0) is 100 Å². The fraction of sp³-hybridized carbons (Fsp3) is 0.453. The van der Waals surface area contributed by atoms with Crippen molar-refractivity contribution in [3.8, 4) is 11.5 Å². The number of nitrogens with one attached hydrogen (secondary N) is 1. The van der Waals surface area contributed by atoms with Crippen LogP contribution in [0.1, 0.15) is 146 Å². The van der Waals surface area contributed by atoms with Crippen LogP contribution in [0.4, 0.5) is 0 Å². The highest BCUT2D eigenvalue weighted by molar-refractivity contribution is 5.97. The van der Waals surface area contributed by atoms with Crippen LogP contribution in [0.3, 0.4) is 0 Å². The number of aliphatic hydroxyl groups excluding tert-OH is 1. The third-order valence-electron chi connectivity index (χ3n) is 19.5. The number of Topliss-reactive ketones (excluding diaryl/α,β-unsaturated/α-hetero) is 2. The molecule has 0 radical (unpaired) electrons. The summed E-state index contributed by atoms with van der Waals surface area (Å²) in [4.78, 5) is 180. The van der Waals surface area contributed by atoms with Gasteiger partial charge in [0.25, 0.3) is 5.91 Å². The molecule has 28 heteroatoms. The first kappa shape index (κ1) is 76.9. The number of hydrogen-bond acceptors (Lipinski definition) is 27. The van der Waals surface area contributed by atoms with Gasteiger partial charge in [-0.25, -0.2) is 14.4 Å². The van der Waals surface area contributed by atoms with Gasteiger partial charge in [0, 0.05) is 97.6 Å². The second kappa shape index (κ2) is 31.1. The Labute approximate surface area is 591 Å². The molecule has 3 saturated carbocycles. The molecule has 5 unspecified atom stereocenters. The van der Waals surface area contributed by atoms with Crippen LogP contribution in [0.2, 0.25) is 0 Å². The Morgan fingerprint density at radius 2 is 1.22 bits per heavy atom. The number of hydrogen-bond donors (Lipinski definition) is 3. The average molecular weight is 1430 g/mol. The molecule has 3 N–H and O–H groups in total. The molecule has 5 aliphatic rings. The van der Waals surface area contributed by atoms with Gasteiger partial charge in [0.2, 0.25) is 5.60 Å². The maximum atomic E-state index is 15.9. The number of amides is 1. The van der Waals surface area contributed by atoms with E-state index in [-0.39, 0.29) is 51.3 Å². The predicted octanol–water partition coefficient (Wildman–Crippen LogP) is 6.15. The van der Waals surface area contributed by atoms with E-state index in [4.69, 9.17) is 56.8 Å². The Kier molecular flexibility index (Phi) is 23.2. The number of ketones is 2. The van der Waals surface area contributed by atoms with Crippen molar-refractivity contribution in [3.05, 3.63) is 149 Å². The van der Waals surface area contributed by atoms with Crippen molar-refractivity contribution in [1.29, 1.82) is 0 Å². The molecule has 0 spiro atoms. The fourth-order valence-electron chi connectivity index (χ4n) is 14.9. The standard InChI is InChI=1S/C75H81NO27/c1-39-54(37-75(91)67(101-69(89)50-25-19-14-20-26-50)65-72(11,57(85)34-58-74(65,38-93-58)103-46(8)83)66(87)64(98-44(6)81)60(39)71(75,9)10)92-32-31-51(84)62(61(48-21-15-12-16-22-48)76-68(88)49-23-17-13-18-24-49)100-70(90)73(102-45(7)82)35-55(96-42(4)79)63(97-43(5)80)56(36-73)99-59(86)30-28-47-27-29-52(94-40(2)77)53(33-47)95-41(3)78/h12-30,33,54-58,61-65,67,85,91H,31-32,34-38H2,1-11H3,(H,76,88)/b30-28+/t54-,55+,56+,57-,58?,61?,62?,63+,64+,65?,67-,72+,73-,74-,75?/m0/s1. The maximum Gasteiger partial charge on any atom is 0.351 e. The molecule has 1 aliphatic heterocycles. The topological polar surface area (TPSA) is 385 Å². The van der Waals surface area contributed by atoms with Gasteiger partial charge in [-0.15, -0.1) is 0 Å². The van der Waals surface area contributed by atoms with Crippen molar-refractivity contribution >= 4 is 83.2 Å². The molecular weight excluding hydrogens is 1350 g/mol. The summed E-state index contributed by atoms with van der Waals surface area (Å²) < 4.78 is 71.0. The second-order valence-electron chi connectivity index (χ2n) is 26.8. The number of fused-ring (bicyclic) bond motifs is 5. The Morgan fingerprint density at radius 3 is 1.79 bits per heavy atom. The zero-order chi connectivity index (χ0) is 75.3. The SMILES string of the molecule is CC(=O)Oc1ccc(/C=C/C(=O)O[C@@H]2C[C@](OC(C)=O)(C(=O)OC(C(=O)CCO[C@H]3CC4(O)[C@@H](OC(=O)c5ccccc5)C5[C@]6(OC(C)=O)COC6C[C@H](O)[C@@]5(C)C(=O)[C@H](OC(C)=O)C(=C3C)C4(C)C)C(NC(=O)c3ccccc3)c3ccccc3)C[C@@H](OC(C)=O)[C@H]2OC(C)=O)cc1OC(C)=O. The summed E-state index contributed by atoms with van der Waals surface area (Å²) in [6, 6.07) is 25.4. The predicted molar refractivity (Wildman–Crippen MR) is 354 cm³/mol. The Bertz CT molecular complexity index is 4060. The van der Waals surface area contributed by atoms with Crippen LogP contribution in [0.25, 0.3) is 6.08 Å². The van der Waals surface area contributed by atoms with Crippen LogP contribution >= 0.6 is 0 Å². The molecule has 1 saturated heterocycles. The first-order chi connectivity index (χ1) is 48.5. The molecule has 4 aromatic rings. The third-order valence-corrected chi connectivity index (χ3v) is 19.5. The summed E-state index contributed by atoms with van der Waals surface area (Å²) in [5, 5.41) is 29.3. The van der Waals surface area contributed by atoms with Crippen LogP contribution in [0.5, 0.6) is 11.5 Å². The normalized spacial score (nSPS) is 28.0. The van der Waals surface area contributed by atoms with Gasteiger partial charge in [-0.05, 0) is 78.6 Å². The Hall–Kier alpha value is -10.3. The molecule has 2 bridgehead atoms. The molecule has 4 fully saturated rings. The highest BCUT2D eigenvalue weighted by Gasteiger charge is 2.78. The van der Waals surface area contributed by atoms with Crippen molar-refractivity contribution in [2.75, 3.05) is 13.2 Å². The number of esters is 10. The smallest absolute Gasteiger partial charge is 0.351 e. The van der Waals surface area contributed by atoms with E-state index in [0.29, 0.717) is 0 Å². The van der Waals surface area contributed by atoms with Gasteiger partial charge >= 0.3 is 59.7 Å². The molecule has 9 rings (SSSR count). The van der Waals surface area contributed by atoms with E-state index in [0.717, 1.165) is 54.5 Å². The lowest BCUT2D eigenvalue weighted by Gasteiger charge is -2.67. The summed E-state index contributed by atoms with van der Waals surface area (Å²) >= 11 is 0. The van der Waals surface area contributed by atoms with E-state index < -0.39 is 211 Å². The van der Waals surface area contributed by atoms with Gasteiger partial charge in [0.1, 0.15) is 30.0 Å². The first-order valence-corrected chi connectivity index (χ1v) is 33.2. The van der Waals surface area contributed by atoms with E-state index in [1.807, 2.05) is 0 Å². The van der Waals surface area contributed by atoms with E-state index in [2.05, 4.69) is 5.32 Å². The summed E-state index contributed by atoms with van der Waals surface area (Å²) in [5.41, 5.74) is -10.4. The lowest BCUT2D eigenvalue weighted by atomic mass is 9.44. The number of ether oxygens (including phenoxy) is 12. The molecule has 103 heavy (non-hydrogen) atoms. The van der Waals surface area contributed by atoms with E-state index in [9.17, 15) is 58.2 Å². The summed E-state index contributed by atoms with van der Waals surface area (Å²) in [5.74, 6) is -15.0. The quantitative estimate of drug-likeness (QED) is 0.0246. The van der Waals surface area contributed by atoms with Crippen molar-refractivity contribution in [2.45, 2.75) is 186 Å². The Morgan fingerprint density at radius 1 is 0.650 bits per heavy atom. The van der Waals surface area contributed by atoms with Crippen molar-refractivity contribution in [2.24, 2.45) is 16.7 Å². The largest absolute Gasteiger partial charge is 0.458 e. The van der Waals surface area contributed by atoms with E-state index in [1.165, 1.54) is 88.4 Å². The van der Waals surface area contributed by atoms with Gasteiger partial charge < -0.3 is 72.4 Å². The molecule has 28 nitrogen and oxygen atoms in total. The number of carbonyl (C=O) groups excluding carboxylic acids is 13. The van der Waals surface area contributed by atoms with Gasteiger partial charge in [-0.1, -0.05) is 86.6 Å². The van der Waals surface area contributed by atoms with Gasteiger partial charge in [-0.2, -0.15) is 0 Å². The van der Waals surface area contributed by atoms with Crippen molar-refractivity contribution < 1.29 is 129 Å². The molecular formula is C75H81NO27. The first-order valence-electron chi connectivity index (χ1n) is 33.2. The highest BCUT2D eigenvalue weighted by atomic mass is 16.7. The zero-order valence-electron chi connectivity index (χ0n) is 58.4. The highest BCUT2D eigenvalue weighted by Crippen LogP contribution is 2.64. The van der Waals surface area contributed by atoms with Gasteiger partial charge in [-0.3, -0.25) is 47.9 Å². The van der Waals surface area contributed by atoms with Crippen LogP contribution < -0.4 is 14.8 Å². The minimum Gasteiger partial charge on any atom is -0.458 e. The molecule has 4 aromatic carbocycles. The molecule has 0 aromatic heterocycles. The lowest BCUT2D eigenvalue weighted by Crippen LogP contribution is -2.82. The molecule has 1 heterocycles. The zero-order valence-corrected chi connectivity index (χ0v) is 58.4. The third kappa shape index (κ3) is 16.2. The number of aliphatic hydroxyl groups is 2. The number of carbonyl (C=O) groups is 13. The van der Waals surface area contributed by atoms with Gasteiger partial charge in [0.05, 0.1) is 48.4 Å². The van der Waals surface area contributed by atoms with Crippen LogP contribution in [0.15, 0.2) is 126 Å². The van der Waals surface area contributed by atoms with Crippen molar-refractivity contribution in [3.63, 3.8) is 0 Å². The van der Waals surface area contributed by atoms with Crippen LogP contribution in [0, 0.1) is 16.7 Å². The monoisotopic (exact) mass is 1430 g/mol. The Balaban J connectivity index is 1.12. The fourth-order valence-corrected chi connectivity index (χ4v) is 14.9. The molecule has 1 amide bonds. The number of benzene rings is 4. The summed E-state index contributed by atoms with van der Waals surface area (Å²) in [6.07, 6.45) is -16.9. The van der Waals surface area contributed by atoms with Crippen molar-refractivity contribution in [1.82, 2.24) is 5.32 Å². The number of rotatable bonds is 23. The maximum absolute atomic E-state index is 15.9. The molecule has 15 atom stereocenters. The molecule has 4 aliphatic carbocycles. The second-order valence-corrected chi connectivity index (χ2v) is 26.8. The summed E-state index contributed by atoms with van der Waals surface area (Å²) in [7, 11) is 0. The summed E-state index contributed by atoms with van der Waals surface area (Å²) in [6.45, 7) is 12.1. The molecule has 548 valence electrons. The lowest BCUT2D eigenvalue weighted by molar-refractivity contribution is -0.346. The van der Waals surface area contributed by atoms with E-state index >= 15 is 14.4 Å². The van der Waals surface area contributed by atoms with Gasteiger partial charge in [0.15, 0.2) is 47.0 Å². The van der Waals surface area contributed by atoms with Crippen LogP contribution in [-0.4, -0.2) is 172 Å². The average Bonchev–Trinajstić information content (AvgIpc) is 0.669. The minimum absolute atomic E-state index is 0.000885. The van der Waals surface area contributed by atoms with E-state index in [1.54, 1.807) is 54.6 Å².